The molecule has 0 spiro atoms. The number of hydrogen-bond acceptors (Lipinski definition) is 3. The average molecular weight is 379 g/mol. The number of thiophene rings is 1. The van der Waals surface area contributed by atoms with Gasteiger partial charge >= 0.3 is 0 Å². The van der Waals surface area contributed by atoms with Gasteiger partial charge in [0.2, 0.25) is 0 Å². The minimum absolute atomic E-state index is 0.556. The zero-order valence-corrected chi connectivity index (χ0v) is 17.1. The first-order valence-corrected chi connectivity index (χ1v) is 11.1. The molecule has 0 amide bonds. The van der Waals surface area contributed by atoms with E-state index in [9.17, 15) is 0 Å². The Morgan fingerprint density at radius 3 is 2.48 bits per heavy atom. The lowest BCUT2D eigenvalue weighted by Crippen LogP contribution is -2.35. The summed E-state index contributed by atoms with van der Waals surface area (Å²) in [4.78, 5) is 6.76. The number of rotatable bonds is 7. The minimum atomic E-state index is 0.556. The third-order valence-electron chi connectivity index (χ3n) is 5.68. The fourth-order valence-corrected chi connectivity index (χ4v) is 5.45. The van der Waals surface area contributed by atoms with E-state index in [0.717, 1.165) is 13.1 Å². The van der Waals surface area contributed by atoms with Crippen LogP contribution in [0.5, 0.6) is 0 Å². The lowest BCUT2D eigenvalue weighted by Gasteiger charge is -2.35. The number of likely N-dealkylation sites (tertiary alicyclic amines) is 1. The van der Waals surface area contributed by atoms with Crippen molar-refractivity contribution in [3.8, 4) is 0 Å². The quantitative estimate of drug-likeness (QED) is 0.501. The number of benzene rings is 2. The van der Waals surface area contributed by atoms with Gasteiger partial charge in [-0.15, -0.1) is 11.3 Å². The Kier molecular flexibility index (Phi) is 6.23. The van der Waals surface area contributed by atoms with Crippen LogP contribution in [0.2, 0.25) is 0 Å². The van der Waals surface area contributed by atoms with E-state index in [-0.39, 0.29) is 0 Å². The van der Waals surface area contributed by atoms with Crippen LogP contribution in [0.15, 0.2) is 60.7 Å². The van der Waals surface area contributed by atoms with Crippen LogP contribution in [0, 0.1) is 0 Å². The summed E-state index contributed by atoms with van der Waals surface area (Å²) >= 11 is 1.99. The normalized spacial score (nSPS) is 16.8. The van der Waals surface area contributed by atoms with Gasteiger partial charge in [-0.1, -0.05) is 55.0 Å². The van der Waals surface area contributed by atoms with Gasteiger partial charge in [0.1, 0.15) is 0 Å². The molecular weight excluding hydrogens is 348 g/mol. The zero-order chi connectivity index (χ0) is 18.5. The van der Waals surface area contributed by atoms with Gasteiger partial charge in [0.25, 0.3) is 0 Å². The fourth-order valence-electron chi connectivity index (χ4n) is 4.22. The fraction of sp³-hybridized carbons (Fsp3) is 0.417. The summed E-state index contributed by atoms with van der Waals surface area (Å²) in [5.74, 6) is 0. The van der Waals surface area contributed by atoms with Crippen molar-refractivity contribution in [1.29, 1.82) is 0 Å². The van der Waals surface area contributed by atoms with Gasteiger partial charge in [-0.05, 0) is 62.5 Å². The molecule has 4 rings (SSSR count). The Balaban J connectivity index is 1.47. The lowest BCUT2D eigenvalue weighted by molar-refractivity contribution is 0.145. The van der Waals surface area contributed by atoms with E-state index in [1.807, 2.05) is 11.3 Å². The molecular formula is C24H30N2S. The molecule has 0 aliphatic carbocycles. The minimum Gasteiger partial charge on any atom is -0.302 e. The largest absolute Gasteiger partial charge is 0.302 e. The van der Waals surface area contributed by atoms with Crippen LogP contribution in [0.3, 0.4) is 0 Å². The first-order valence-electron chi connectivity index (χ1n) is 10.2. The highest BCUT2D eigenvalue weighted by molar-refractivity contribution is 7.19. The maximum atomic E-state index is 2.74. The molecule has 3 aromatic rings. The molecule has 1 aliphatic rings. The molecule has 2 aromatic carbocycles. The van der Waals surface area contributed by atoms with Crippen LogP contribution in [0.25, 0.3) is 10.1 Å². The van der Waals surface area contributed by atoms with E-state index in [0.29, 0.717) is 6.04 Å². The molecule has 1 aromatic heterocycles. The van der Waals surface area contributed by atoms with Crippen molar-refractivity contribution in [1.82, 2.24) is 9.80 Å². The molecule has 1 fully saturated rings. The average Bonchev–Trinajstić information content (AvgIpc) is 3.13. The molecule has 2 heterocycles. The Morgan fingerprint density at radius 2 is 1.70 bits per heavy atom. The van der Waals surface area contributed by atoms with Gasteiger partial charge in [-0.3, -0.25) is 4.90 Å². The summed E-state index contributed by atoms with van der Waals surface area (Å²) in [6, 6.07) is 22.6. The van der Waals surface area contributed by atoms with Crippen LogP contribution in [0.1, 0.15) is 42.2 Å². The SMILES string of the molecule is CN(CCC(c1cc2ccccc2s1)N1CCCCC1)Cc1ccccc1. The van der Waals surface area contributed by atoms with Gasteiger partial charge in [0.15, 0.2) is 0 Å². The smallest absolute Gasteiger partial charge is 0.0454 e. The van der Waals surface area contributed by atoms with E-state index >= 15 is 0 Å². The van der Waals surface area contributed by atoms with Crippen molar-refractivity contribution < 1.29 is 0 Å². The summed E-state index contributed by atoms with van der Waals surface area (Å²) in [5, 5.41) is 1.40. The molecule has 0 radical (unpaired) electrons. The van der Waals surface area contributed by atoms with Crippen molar-refractivity contribution in [2.45, 2.75) is 38.3 Å². The lowest BCUT2D eigenvalue weighted by atomic mass is 10.0. The van der Waals surface area contributed by atoms with Crippen LogP contribution in [-0.4, -0.2) is 36.5 Å². The monoisotopic (exact) mass is 378 g/mol. The third-order valence-corrected chi connectivity index (χ3v) is 6.90. The van der Waals surface area contributed by atoms with E-state index < -0.39 is 0 Å². The van der Waals surface area contributed by atoms with Crippen LogP contribution in [0.4, 0.5) is 0 Å². The second kappa shape index (κ2) is 9.01. The van der Waals surface area contributed by atoms with Gasteiger partial charge in [0.05, 0.1) is 0 Å². The third kappa shape index (κ3) is 4.78. The van der Waals surface area contributed by atoms with E-state index in [4.69, 9.17) is 0 Å². The Labute approximate surface area is 167 Å². The topological polar surface area (TPSA) is 6.48 Å². The first kappa shape index (κ1) is 18.7. The molecule has 3 heteroatoms. The van der Waals surface area contributed by atoms with Crippen molar-refractivity contribution in [2.75, 3.05) is 26.7 Å². The van der Waals surface area contributed by atoms with Crippen molar-refractivity contribution in [3.63, 3.8) is 0 Å². The second-order valence-electron chi connectivity index (χ2n) is 7.81. The Bertz CT molecular complexity index is 803. The number of hydrogen-bond donors (Lipinski definition) is 0. The van der Waals surface area contributed by atoms with Gasteiger partial charge in [0, 0.05) is 28.7 Å². The zero-order valence-electron chi connectivity index (χ0n) is 16.3. The van der Waals surface area contributed by atoms with E-state index in [1.165, 1.54) is 54.4 Å². The Hall–Kier alpha value is -1.68. The molecule has 0 saturated carbocycles. The summed E-state index contributed by atoms with van der Waals surface area (Å²) < 4.78 is 1.42. The molecule has 27 heavy (non-hydrogen) atoms. The second-order valence-corrected chi connectivity index (χ2v) is 8.93. The van der Waals surface area contributed by atoms with Crippen LogP contribution >= 0.6 is 11.3 Å². The summed E-state index contributed by atoms with van der Waals surface area (Å²) in [7, 11) is 2.26. The molecule has 0 bridgehead atoms. The predicted octanol–water partition coefficient (Wildman–Crippen LogP) is 5.95. The van der Waals surface area contributed by atoms with Crippen LogP contribution in [-0.2, 0) is 6.54 Å². The highest BCUT2D eigenvalue weighted by Gasteiger charge is 2.24. The van der Waals surface area contributed by atoms with Crippen molar-refractivity contribution in [2.24, 2.45) is 0 Å². The molecule has 2 nitrogen and oxygen atoms in total. The predicted molar refractivity (Wildman–Crippen MR) is 117 cm³/mol. The molecule has 1 aliphatic heterocycles. The molecule has 142 valence electrons. The molecule has 1 unspecified atom stereocenters. The Morgan fingerprint density at radius 1 is 0.963 bits per heavy atom. The highest BCUT2D eigenvalue weighted by atomic mass is 32.1. The van der Waals surface area contributed by atoms with Crippen molar-refractivity contribution in [3.05, 3.63) is 71.1 Å². The van der Waals surface area contributed by atoms with E-state index in [1.54, 1.807) is 4.88 Å². The standard InChI is InChI=1S/C24H30N2S/c1-25(19-20-10-4-2-5-11-20)17-14-22(26-15-8-3-9-16-26)24-18-21-12-6-7-13-23(21)27-24/h2,4-7,10-13,18,22H,3,8-9,14-17,19H2,1H3. The van der Waals surface area contributed by atoms with Crippen molar-refractivity contribution >= 4 is 21.4 Å². The maximum absolute atomic E-state index is 2.74. The van der Waals surface area contributed by atoms with Crippen LogP contribution < -0.4 is 0 Å². The molecule has 1 atom stereocenters. The van der Waals surface area contributed by atoms with E-state index in [2.05, 4.69) is 77.5 Å². The number of nitrogens with zero attached hydrogens (tertiary/aromatic N) is 2. The summed E-state index contributed by atoms with van der Waals surface area (Å²) in [6.07, 6.45) is 5.29. The maximum Gasteiger partial charge on any atom is 0.0454 e. The van der Waals surface area contributed by atoms with Gasteiger partial charge in [-0.2, -0.15) is 0 Å². The first-order chi connectivity index (χ1) is 13.3. The molecule has 1 saturated heterocycles. The number of piperidine rings is 1. The van der Waals surface area contributed by atoms with Gasteiger partial charge < -0.3 is 4.90 Å². The highest BCUT2D eigenvalue weighted by Crippen LogP contribution is 2.36. The number of fused-ring (bicyclic) bond motifs is 1. The summed E-state index contributed by atoms with van der Waals surface area (Å²) in [6.45, 7) is 4.66. The van der Waals surface area contributed by atoms with Gasteiger partial charge in [-0.25, -0.2) is 0 Å². The summed E-state index contributed by atoms with van der Waals surface area (Å²) in [5.41, 5.74) is 1.40. The molecule has 0 N–H and O–H groups in total.